The van der Waals surface area contributed by atoms with Crippen molar-refractivity contribution in [2.45, 2.75) is 39.3 Å². The maximum Gasteiger partial charge on any atom is 0.272 e. The van der Waals surface area contributed by atoms with Crippen LogP contribution in [0.25, 0.3) is 0 Å². The van der Waals surface area contributed by atoms with Crippen LogP contribution in [0, 0.1) is 0 Å². The standard InChI is InChI=1S/C11H19N3O2/c1-7(2)14-11(3,4)10-13-8(6-16-10)9(15)12-5/h6-7,14H,1-5H3,(H,12,15). The van der Waals surface area contributed by atoms with Gasteiger partial charge in [-0.25, -0.2) is 4.98 Å². The van der Waals surface area contributed by atoms with Crippen molar-refractivity contribution in [1.29, 1.82) is 0 Å². The van der Waals surface area contributed by atoms with Crippen LogP contribution in [0.4, 0.5) is 0 Å². The summed E-state index contributed by atoms with van der Waals surface area (Å²) in [6.07, 6.45) is 1.37. The zero-order valence-corrected chi connectivity index (χ0v) is 10.4. The number of nitrogens with zero attached hydrogens (tertiary/aromatic N) is 1. The van der Waals surface area contributed by atoms with Gasteiger partial charge in [-0.1, -0.05) is 0 Å². The molecule has 0 aliphatic rings. The van der Waals surface area contributed by atoms with Gasteiger partial charge in [0.2, 0.25) is 5.89 Å². The minimum atomic E-state index is -0.388. The molecule has 1 amide bonds. The number of carbonyl (C=O) groups excluding carboxylic acids is 1. The summed E-state index contributed by atoms with van der Waals surface area (Å²) < 4.78 is 5.32. The van der Waals surface area contributed by atoms with Gasteiger partial charge < -0.3 is 15.1 Å². The number of carbonyl (C=O) groups is 1. The normalized spacial score (nSPS) is 11.9. The van der Waals surface area contributed by atoms with Gasteiger partial charge in [0, 0.05) is 13.1 Å². The summed E-state index contributed by atoms with van der Waals surface area (Å²) in [5, 5.41) is 5.82. The molecule has 16 heavy (non-hydrogen) atoms. The Bertz CT molecular complexity index is 369. The van der Waals surface area contributed by atoms with Crippen molar-refractivity contribution in [2.75, 3.05) is 7.05 Å². The average Bonchev–Trinajstić information content (AvgIpc) is 2.63. The van der Waals surface area contributed by atoms with Crippen LogP contribution < -0.4 is 10.6 Å². The number of nitrogens with one attached hydrogen (secondary N) is 2. The fourth-order valence-corrected chi connectivity index (χ4v) is 1.58. The highest BCUT2D eigenvalue weighted by atomic mass is 16.3. The van der Waals surface area contributed by atoms with Gasteiger partial charge in [-0.2, -0.15) is 0 Å². The second kappa shape index (κ2) is 4.65. The zero-order valence-electron chi connectivity index (χ0n) is 10.4. The van der Waals surface area contributed by atoms with E-state index in [1.165, 1.54) is 6.26 Å². The van der Waals surface area contributed by atoms with Gasteiger partial charge in [-0.05, 0) is 27.7 Å². The lowest BCUT2D eigenvalue weighted by molar-refractivity contribution is 0.0958. The summed E-state index contributed by atoms with van der Waals surface area (Å²) >= 11 is 0. The van der Waals surface area contributed by atoms with Crippen LogP contribution in [-0.4, -0.2) is 24.0 Å². The molecule has 1 aromatic heterocycles. The average molecular weight is 225 g/mol. The predicted molar refractivity (Wildman–Crippen MR) is 61.2 cm³/mol. The van der Waals surface area contributed by atoms with Gasteiger partial charge in [-0.15, -0.1) is 0 Å². The third-order valence-corrected chi connectivity index (χ3v) is 2.15. The summed E-state index contributed by atoms with van der Waals surface area (Å²) in [5.74, 6) is 0.273. The van der Waals surface area contributed by atoms with Crippen molar-refractivity contribution >= 4 is 5.91 Å². The largest absolute Gasteiger partial charge is 0.446 e. The number of hydrogen-bond donors (Lipinski definition) is 2. The summed E-state index contributed by atoms with van der Waals surface area (Å²) in [6.45, 7) is 8.02. The van der Waals surface area contributed by atoms with E-state index in [0.29, 0.717) is 17.6 Å². The fourth-order valence-electron chi connectivity index (χ4n) is 1.58. The van der Waals surface area contributed by atoms with Gasteiger partial charge in [0.25, 0.3) is 5.91 Å². The van der Waals surface area contributed by atoms with Crippen LogP contribution in [0.1, 0.15) is 44.1 Å². The van der Waals surface area contributed by atoms with E-state index >= 15 is 0 Å². The number of hydrogen-bond acceptors (Lipinski definition) is 4. The van der Waals surface area contributed by atoms with E-state index in [0.717, 1.165) is 0 Å². The number of aromatic nitrogens is 1. The topological polar surface area (TPSA) is 67.2 Å². The molecule has 5 heteroatoms. The smallest absolute Gasteiger partial charge is 0.272 e. The molecule has 0 aromatic carbocycles. The Morgan fingerprint density at radius 2 is 2.12 bits per heavy atom. The molecule has 0 spiro atoms. The molecule has 0 bridgehead atoms. The van der Waals surface area contributed by atoms with Crippen LogP contribution >= 0.6 is 0 Å². The van der Waals surface area contributed by atoms with Crippen LogP contribution in [0.3, 0.4) is 0 Å². The highest BCUT2D eigenvalue weighted by Gasteiger charge is 2.27. The summed E-state index contributed by atoms with van der Waals surface area (Å²) in [5.41, 5.74) is -0.0865. The highest BCUT2D eigenvalue weighted by Crippen LogP contribution is 2.19. The van der Waals surface area contributed by atoms with E-state index in [2.05, 4.69) is 15.6 Å². The predicted octanol–water partition coefficient (Wildman–Crippen LogP) is 1.27. The molecule has 0 unspecified atom stereocenters. The van der Waals surface area contributed by atoms with Gasteiger partial charge in [0.15, 0.2) is 5.69 Å². The van der Waals surface area contributed by atoms with Gasteiger partial charge in [0.1, 0.15) is 6.26 Å². The molecule has 0 saturated carbocycles. The van der Waals surface area contributed by atoms with Crippen LogP contribution in [0.5, 0.6) is 0 Å². The van der Waals surface area contributed by atoms with E-state index in [4.69, 9.17) is 4.42 Å². The lowest BCUT2D eigenvalue weighted by Crippen LogP contribution is -2.41. The summed E-state index contributed by atoms with van der Waals surface area (Å²) in [4.78, 5) is 15.5. The van der Waals surface area contributed by atoms with E-state index in [-0.39, 0.29) is 11.4 Å². The van der Waals surface area contributed by atoms with Crippen molar-refractivity contribution < 1.29 is 9.21 Å². The number of rotatable bonds is 4. The molecule has 2 N–H and O–H groups in total. The Morgan fingerprint density at radius 1 is 1.50 bits per heavy atom. The molecule has 1 rings (SSSR count). The second-order valence-corrected chi connectivity index (χ2v) is 4.54. The molecule has 1 aromatic rings. The van der Waals surface area contributed by atoms with Crippen LogP contribution in [0.2, 0.25) is 0 Å². The first-order chi connectivity index (χ1) is 7.36. The Labute approximate surface area is 95.6 Å². The molecule has 0 saturated heterocycles. The Hall–Kier alpha value is -1.36. The summed E-state index contributed by atoms with van der Waals surface area (Å²) in [7, 11) is 1.56. The lowest BCUT2D eigenvalue weighted by atomic mass is 10.0. The third-order valence-electron chi connectivity index (χ3n) is 2.15. The minimum absolute atomic E-state index is 0.240. The van der Waals surface area contributed by atoms with E-state index in [9.17, 15) is 4.79 Å². The van der Waals surface area contributed by atoms with E-state index in [1.54, 1.807) is 7.05 Å². The molecule has 0 fully saturated rings. The molecule has 0 radical (unpaired) electrons. The Morgan fingerprint density at radius 3 is 2.62 bits per heavy atom. The molecule has 0 aliphatic heterocycles. The number of oxazole rings is 1. The van der Waals surface area contributed by atoms with Crippen molar-refractivity contribution in [2.24, 2.45) is 0 Å². The Balaban J connectivity index is 2.88. The molecule has 0 atom stereocenters. The van der Waals surface area contributed by atoms with Crippen LogP contribution in [-0.2, 0) is 5.54 Å². The van der Waals surface area contributed by atoms with Crippen LogP contribution in [0.15, 0.2) is 10.7 Å². The SMILES string of the molecule is CNC(=O)c1coc(C(C)(C)NC(C)C)n1. The van der Waals surface area contributed by atoms with Crippen molar-refractivity contribution in [3.05, 3.63) is 17.8 Å². The van der Waals surface area contributed by atoms with Gasteiger partial charge in [-0.3, -0.25) is 4.79 Å². The zero-order chi connectivity index (χ0) is 12.3. The molecule has 5 nitrogen and oxygen atoms in total. The second-order valence-electron chi connectivity index (χ2n) is 4.54. The Kier molecular flexibility index (Phi) is 3.70. The van der Waals surface area contributed by atoms with Crippen molar-refractivity contribution in [1.82, 2.24) is 15.6 Å². The monoisotopic (exact) mass is 225 g/mol. The maximum atomic E-state index is 11.3. The van der Waals surface area contributed by atoms with Crippen molar-refractivity contribution in [3.63, 3.8) is 0 Å². The highest BCUT2D eigenvalue weighted by molar-refractivity contribution is 5.91. The molecular weight excluding hydrogens is 206 g/mol. The third kappa shape index (κ3) is 2.82. The molecule has 1 heterocycles. The van der Waals surface area contributed by atoms with Gasteiger partial charge in [0.05, 0.1) is 5.54 Å². The molecular formula is C11H19N3O2. The summed E-state index contributed by atoms with van der Waals surface area (Å²) in [6, 6.07) is 0.311. The van der Waals surface area contributed by atoms with E-state index < -0.39 is 0 Å². The molecule has 0 aliphatic carbocycles. The van der Waals surface area contributed by atoms with Gasteiger partial charge >= 0.3 is 0 Å². The first kappa shape index (κ1) is 12.7. The number of amides is 1. The molecule has 90 valence electrons. The van der Waals surface area contributed by atoms with E-state index in [1.807, 2.05) is 27.7 Å². The minimum Gasteiger partial charge on any atom is -0.446 e. The maximum absolute atomic E-state index is 11.3. The quantitative estimate of drug-likeness (QED) is 0.809. The van der Waals surface area contributed by atoms with Crippen molar-refractivity contribution in [3.8, 4) is 0 Å². The lowest BCUT2D eigenvalue weighted by Gasteiger charge is -2.25. The first-order valence-electron chi connectivity index (χ1n) is 5.32. The first-order valence-corrected chi connectivity index (χ1v) is 5.32. The fraction of sp³-hybridized carbons (Fsp3) is 0.636.